The fourth-order valence-corrected chi connectivity index (χ4v) is 0.912. The number of aromatic nitrogens is 2. The lowest BCUT2D eigenvalue weighted by Crippen LogP contribution is -2.32. The van der Waals surface area contributed by atoms with Gasteiger partial charge in [0.05, 0.1) is 0 Å². The van der Waals surface area contributed by atoms with Gasteiger partial charge in [-0.3, -0.25) is 9.59 Å². The summed E-state index contributed by atoms with van der Waals surface area (Å²) in [6, 6.07) is 2.63. The van der Waals surface area contributed by atoms with Crippen LogP contribution in [0.25, 0.3) is 0 Å². The standard InChI is InChI=1S/C9H14N4O2/c1-6(4-10)5-11-9(15)7-2-3-8(14)13-12-7/h2-3,6H,4-5,10H2,1H3,(H,11,15)(H,13,14). The number of carbonyl (C=O) groups excluding carboxylic acids is 1. The third-order valence-electron chi connectivity index (χ3n) is 1.93. The summed E-state index contributed by atoms with van der Waals surface area (Å²) in [5, 5.41) is 8.46. The van der Waals surface area contributed by atoms with Crippen LogP contribution in [0.4, 0.5) is 0 Å². The first-order chi connectivity index (χ1) is 7.13. The zero-order valence-electron chi connectivity index (χ0n) is 8.49. The Morgan fingerprint density at radius 1 is 1.67 bits per heavy atom. The molecule has 1 amide bonds. The van der Waals surface area contributed by atoms with Crippen LogP contribution in [0.15, 0.2) is 16.9 Å². The third kappa shape index (κ3) is 3.51. The van der Waals surface area contributed by atoms with E-state index in [9.17, 15) is 9.59 Å². The zero-order valence-corrected chi connectivity index (χ0v) is 8.49. The molecular formula is C9H14N4O2. The summed E-state index contributed by atoms with van der Waals surface area (Å²) in [5.74, 6) is -0.0942. The second kappa shape index (κ2) is 5.26. The molecule has 0 aliphatic carbocycles. The molecule has 15 heavy (non-hydrogen) atoms. The van der Waals surface area contributed by atoms with Gasteiger partial charge in [-0.15, -0.1) is 0 Å². The van der Waals surface area contributed by atoms with Crippen molar-refractivity contribution in [2.75, 3.05) is 13.1 Å². The Kier molecular flexibility index (Phi) is 3.99. The van der Waals surface area contributed by atoms with Crippen molar-refractivity contribution in [3.8, 4) is 0 Å². The lowest BCUT2D eigenvalue weighted by Gasteiger charge is -2.08. The number of rotatable bonds is 4. The number of nitrogens with two attached hydrogens (primary N) is 1. The molecule has 1 aromatic heterocycles. The molecule has 1 unspecified atom stereocenters. The van der Waals surface area contributed by atoms with Crippen LogP contribution in [0.1, 0.15) is 17.4 Å². The van der Waals surface area contributed by atoms with Gasteiger partial charge in [0.15, 0.2) is 0 Å². The predicted octanol–water partition coefficient (Wildman–Crippen LogP) is -0.905. The number of hydrogen-bond acceptors (Lipinski definition) is 4. The van der Waals surface area contributed by atoms with Gasteiger partial charge in [-0.25, -0.2) is 5.10 Å². The van der Waals surface area contributed by atoms with Gasteiger partial charge in [0.25, 0.3) is 11.5 Å². The van der Waals surface area contributed by atoms with Crippen molar-refractivity contribution < 1.29 is 4.79 Å². The number of nitrogens with one attached hydrogen (secondary N) is 2. The fraction of sp³-hybridized carbons (Fsp3) is 0.444. The number of amides is 1. The van der Waals surface area contributed by atoms with Crippen molar-refractivity contribution in [1.82, 2.24) is 15.5 Å². The Bertz CT molecular complexity index is 367. The van der Waals surface area contributed by atoms with Crippen LogP contribution in [0, 0.1) is 5.92 Å². The van der Waals surface area contributed by atoms with Gasteiger partial charge >= 0.3 is 0 Å². The second-order valence-electron chi connectivity index (χ2n) is 3.36. The molecule has 6 nitrogen and oxygen atoms in total. The van der Waals surface area contributed by atoms with Crippen molar-refractivity contribution in [2.24, 2.45) is 11.7 Å². The van der Waals surface area contributed by atoms with Crippen LogP contribution in [0.2, 0.25) is 0 Å². The quantitative estimate of drug-likeness (QED) is 0.599. The predicted molar refractivity (Wildman–Crippen MR) is 55.4 cm³/mol. The molecule has 4 N–H and O–H groups in total. The van der Waals surface area contributed by atoms with Gasteiger partial charge in [-0.2, -0.15) is 5.10 Å². The Morgan fingerprint density at radius 2 is 2.40 bits per heavy atom. The van der Waals surface area contributed by atoms with Crippen LogP contribution >= 0.6 is 0 Å². The number of nitrogens with zero attached hydrogens (tertiary/aromatic N) is 1. The summed E-state index contributed by atoms with van der Waals surface area (Å²) in [6.45, 7) is 2.94. The highest BCUT2D eigenvalue weighted by atomic mass is 16.2. The molecule has 0 aromatic carbocycles. The summed E-state index contributed by atoms with van der Waals surface area (Å²) in [7, 11) is 0. The smallest absolute Gasteiger partial charge is 0.271 e. The molecule has 0 bridgehead atoms. The average Bonchev–Trinajstić information content (AvgIpc) is 2.26. The SMILES string of the molecule is CC(CN)CNC(=O)c1ccc(=O)[nH]n1. The topological polar surface area (TPSA) is 101 Å². The van der Waals surface area contributed by atoms with E-state index in [0.717, 1.165) is 0 Å². The number of H-pyrrole nitrogens is 1. The highest BCUT2D eigenvalue weighted by Gasteiger charge is 2.07. The molecule has 1 atom stereocenters. The second-order valence-corrected chi connectivity index (χ2v) is 3.36. The lowest BCUT2D eigenvalue weighted by atomic mass is 10.2. The van der Waals surface area contributed by atoms with Gasteiger partial charge in [-0.05, 0) is 18.5 Å². The monoisotopic (exact) mass is 210 g/mol. The van der Waals surface area contributed by atoms with Crippen LogP contribution in [0.5, 0.6) is 0 Å². The minimum atomic E-state index is -0.332. The van der Waals surface area contributed by atoms with E-state index in [-0.39, 0.29) is 23.1 Å². The van der Waals surface area contributed by atoms with Crippen molar-refractivity contribution in [3.63, 3.8) is 0 Å². The van der Waals surface area contributed by atoms with Crippen molar-refractivity contribution in [3.05, 3.63) is 28.2 Å². The highest BCUT2D eigenvalue weighted by molar-refractivity contribution is 5.91. The molecule has 0 saturated heterocycles. The first kappa shape index (κ1) is 11.4. The average molecular weight is 210 g/mol. The zero-order chi connectivity index (χ0) is 11.3. The highest BCUT2D eigenvalue weighted by Crippen LogP contribution is 1.91. The molecule has 1 aromatic rings. The van der Waals surface area contributed by atoms with Crippen LogP contribution in [-0.2, 0) is 0 Å². The number of carbonyl (C=O) groups is 1. The molecule has 0 spiro atoms. The summed E-state index contributed by atoms with van der Waals surface area (Å²) < 4.78 is 0. The maximum atomic E-state index is 11.4. The molecule has 0 aliphatic heterocycles. The van der Waals surface area contributed by atoms with E-state index in [0.29, 0.717) is 13.1 Å². The van der Waals surface area contributed by atoms with E-state index >= 15 is 0 Å². The summed E-state index contributed by atoms with van der Waals surface area (Å²) in [4.78, 5) is 22.1. The maximum absolute atomic E-state index is 11.4. The van der Waals surface area contributed by atoms with E-state index in [1.165, 1.54) is 12.1 Å². The minimum absolute atomic E-state index is 0.193. The largest absolute Gasteiger partial charge is 0.350 e. The summed E-state index contributed by atoms with van der Waals surface area (Å²) >= 11 is 0. The number of hydrogen-bond donors (Lipinski definition) is 3. The van der Waals surface area contributed by atoms with Crippen LogP contribution < -0.4 is 16.6 Å². The molecule has 0 radical (unpaired) electrons. The van der Waals surface area contributed by atoms with Crippen LogP contribution in [0.3, 0.4) is 0 Å². The Morgan fingerprint density at radius 3 is 2.93 bits per heavy atom. The molecule has 0 aliphatic rings. The van der Waals surface area contributed by atoms with Gasteiger partial charge < -0.3 is 11.1 Å². The van der Waals surface area contributed by atoms with Crippen molar-refractivity contribution in [2.45, 2.75) is 6.92 Å². The van der Waals surface area contributed by atoms with E-state index in [2.05, 4.69) is 15.5 Å². The summed E-state index contributed by atoms with van der Waals surface area (Å²) in [6.07, 6.45) is 0. The minimum Gasteiger partial charge on any atom is -0.350 e. The molecule has 0 fully saturated rings. The molecule has 1 rings (SSSR count). The first-order valence-electron chi connectivity index (χ1n) is 4.67. The maximum Gasteiger partial charge on any atom is 0.271 e. The molecule has 82 valence electrons. The van der Waals surface area contributed by atoms with Gasteiger partial charge in [0.1, 0.15) is 5.69 Å². The molecule has 1 heterocycles. The van der Waals surface area contributed by atoms with Gasteiger partial charge in [-0.1, -0.05) is 6.92 Å². The molecule has 6 heteroatoms. The summed E-state index contributed by atoms with van der Waals surface area (Å²) in [5.41, 5.74) is 5.26. The van der Waals surface area contributed by atoms with E-state index in [1.54, 1.807) is 0 Å². The molecular weight excluding hydrogens is 196 g/mol. The van der Waals surface area contributed by atoms with Gasteiger partial charge in [0.2, 0.25) is 0 Å². The normalized spacial score (nSPS) is 12.1. The van der Waals surface area contributed by atoms with Crippen molar-refractivity contribution >= 4 is 5.91 Å². The fourth-order valence-electron chi connectivity index (χ4n) is 0.912. The van der Waals surface area contributed by atoms with Gasteiger partial charge in [0, 0.05) is 12.6 Å². The first-order valence-corrected chi connectivity index (χ1v) is 4.67. The lowest BCUT2D eigenvalue weighted by molar-refractivity contribution is 0.0942. The van der Waals surface area contributed by atoms with E-state index in [4.69, 9.17) is 5.73 Å². The Labute approximate surface area is 86.9 Å². The molecule has 0 saturated carbocycles. The van der Waals surface area contributed by atoms with E-state index < -0.39 is 0 Å². The van der Waals surface area contributed by atoms with E-state index in [1.807, 2.05) is 6.92 Å². The van der Waals surface area contributed by atoms with Crippen molar-refractivity contribution in [1.29, 1.82) is 0 Å². The Hall–Kier alpha value is -1.69. The number of aromatic amines is 1. The third-order valence-corrected chi connectivity index (χ3v) is 1.93. The Balaban J connectivity index is 2.54. The van der Waals surface area contributed by atoms with Crippen LogP contribution in [-0.4, -0.2) is 29.2 Å².